The highest BCUT2D eigenvalue weighted by molar-refractivity contribution is 6.00. The number of rotatable bonds is 8. The molecule has 1 aromatic carbocycles. The summed E-state index contributed by atoms with van der Waals surface area (Å²) in [4.78, 5) is 22.0. The Hall–Kier alpha value is -2.19. The van der Waals surface area contributed by atoms with E-state index in [0.717, 1.165) is 6.54 Å². The van der Waals surface area contributed by atoms with Crippen LogP contribution in [0.4, 0.5) is 17.1 Å². The van der Waals surface area contributed by atoms with Crippen LogP contribution in [0.25, 0.3) is 0 Å². The number of nitrogens with zero attached hydrogens (tertiary/aromatic N) is 1. The Labute approximate surface area is 122 Å². The molecule has 0 bridgehead atoms. The minimum atomic E-state index is -0.441. The van der Waals surface area contributed by atoms with E-state index in [-0.39, 0.29) is 18.0 Å². The number of hydrogen-bond acceptors (Lipinski definition) is 6. The molecular weight excluding hydrogens is 276 g/mol. The molecule has 1 aliphatic heterocycles. The number of amides is 1. The molecule has 21 heavy (non-hydrogen) atoms. The third kappa shape index (κ3) is 3.89. The van der Waals surface area contributed by atoms with Crippen molar-refractivity contribution in [1.29, 1.82) is 0 Å². The van der Waals surface area contributed by atoms with E-state index in [0.29, 0.717) is 36.6 Å². The van der Waals surface area contributed by atoms with Crippen LogP contribution >= 0.6 is 0 Å². The number of hydrogen-bond donors (Lipinski definition) is 3. The van der Waals surface area contributed by atoms with Gasteiger partial charge in [-0.25, -0.2) is 0 Å². The van der Waals surface area contributed by atoms with Crippen LogP contribution in [-0.2, 0) is 16.0 Å². The molecule has 1 amide bonds. The molecule has 0 spiro atoms. The third-order valence-electron chi connectivity index (χ3n) is 3.14. The van der Waals surface area contributed by atoms with Crippen LogP contribution in [0.15, 0.2) is 12.1 Å². The molecule has 1 heterocycles. The minimum absolute atomic E-state index is 0.0119. The molecule has 1 aromatic rings. The van der Waals surface area contributed by atoms with Crippen molar-refractivity contribution in [3.63, 3.8) is 0 Å². The number of benzene rings is 1. The maximum absolute atomic E-state index is 11.3. The lowest BCUT2D eigenvalue weighted by atomic mass is 10.1. The van der Waals surface area contributed by atoms with Gasteiger partial charge in [-0.05, 0) is 11.6 Å². The Morgan fingerprint density at radius 2 is 2.19 bits per heavy atom. The number of methoxy groups -OCH3 is 1. The molecule has 0 saturated carbocycles. The minimum Gasteiger partial charge on any atom is -0.383 e. The Morgan fingerprint density at radius 1 is 1.38 bits per heavy atom. The highest BCUT2D eigenvalue weighted by Gasteiger charge is 2.24. The van der Waals surface area contributed by atoms with Gasteiger partial charge in [0.15, 0.2) is 0 Å². The topological polar surface area (TPSA) is 106 Å². The van der Waals surface area contributed by atoms with Gasteiger partial charge in [-0.2, -0.15) is 0 Å². The van der Waals surface area contributed by atoms with Gasteiger partial charge in [-0.1, -0.05) is 0 Å². The quantitative estimate of drug-likeness (QED) is 0.371. The smallest absolute Gasteiger partial charge is 0.292 e. The molecule has 3 N–H and O–H groups in total. The van der Waals surface area contributed by atoms with Crippen molar-refractivity contribution < 1.29 is 14.5 Å². The first kappa shape index (κ1) is 15.2. The van der Waals surface area contributed by atoms with Crippen molar-refractivity contribution >= 4 is 23.0 Å². The van der Waals surface area contributed by atoms with Crippen LogP contribution < -0.4 is 16.0 Å². The number of nitrogens with one attached hydrogen (secondary N) is 3. The second-order valence-electron chi connectivity index (χ2n) is 4.68. The van der Waals surface area contributed by atoms with Gasteiger partial charge in [-0.15, -0.1) is 0 Å². The van der Waals surface area contributed by atoms with Crippen LogP contribution in [0.5, 0.6) is 0 Å². The summed E-state index contributed by atoms with van der Waals surface area (Å²) < 4.78 is 4.91. The van der Waals surface area contributed by atoms with Crippen LogP contribution in [0.1, 0.15) is 5.56 Å². The molecule has 8 nitrogen and oxygen atoms in total. The van der Waals surface area contributed by atoms with E-state index in [1.807, 2.05) is 0 Å². The number of anilines is 2. The molecule has 0 saturated heterocycles. The van der Waals surface area contributed by atoms with Crippen LogP contribution in [0.2, 0.25) is 0 Å². The lowest BCUT2D eigenvalue weighted by Gasteiger charge is -2.10. The van der Waals surface area contributed by atoms with E-state index in [2.05, 4.69) is 16.0 Å². The van der Waals surface area contributed by atoms with Crippen molar-refractivity contribution in [3.05, 3.63) is 27.8 Å². The number of ether oxygens (including phenoxy) is 1. The van der Waals surface area contributed by atoms with E-state index >= 15 is 0 Å². The molecule has 0 aliphatic carbocycles. The Kier molecular flexibility index (Phi) is 5.07. The summed E-state index contributed by atoms with van der Waals surface area (Å²) in [5.41, 5.74) is 1.70. The standard InChI is InChI=1S/C13H18N4O4/c1-21-5-4-14-2-3-15-11-8-10-9(7-13(18)16-10)6-12(11)17(19)20/h6,8,14-15H,2-5,7H2,1H3,(H,16,18). The van der Waals surface area contributed by atoms with Gasteiger partial charge < -0.3 is 20.7 Å². The fourth-order valence-electron chi connectivity index (χ4n) is 2.14. The summed E-state index contributed by atoms with van der Waals surface area (Å²) in [6, 6.07) is 3.07. The monoisotopic (exact) mass is 294 g/mol. The first-order valence-corrected chi connectivity index (χ1v) is 6.66. The van der Waals surface area contributed by atoms with Crippen molar-refractivity contribution in [2.24, 2.45) is 0 Å². The largest absolute Gasteiger partial charge is 0.383 e. The Morgan fingerprint density at radius 3 is 2.90 bits per heavy atom. The molecular formula is C13H18N4O4. The summed E-state index contributed by atoms with van der Waals surface area (Å²) in [5, 5.41) is 20.0. The first-order valence-electron chi connectivity index (χ1n) is 6.66. The van der Waals surface area contributed by atoms with E-state index in [1.165, 1.54) is 6.07 Å². The molecule has 0 fully saturated rings. The SMILES string of the molecule is COCCNCCNc1cc2c(cc1[N+](=O)[O-])CC(=O)N2. The van der Waals surface area contributed by atoms with Gasteiger partial charge >= 0.3 is 0 Å². The van der Waals surface area contributed by atoms with E-state index < -0.39 is 4.92 Å². The van der Waals surface area contributed by atoms with Gasteiger partial charge in [0.2, 0.25) is 5.91 Å². The fraction of sp³-hybridized carbons (Fsp3) is 0.462. The van der Waals surface area contributed by atoms with Crippen LogP contribution in [0.3, 0.4) is 0 Å². The van der Waals surface area contributed by atoms with E-state index in [1.54, 1.807) is 13.2 Å². The second kappa shape index (κ2) is 7.00. The fourth-order valence-corrected chi connectivity index (χ4v) is 2.14. The van der Waals surface area contributed by atoms with Crippen LogP contribution in [-0.4, -0.2) is 44.2 Å². The molecule has 114 valence electrons. The zero-order valence-corrected chi connectivity index (χ0v) is 11.8. The lowest BCUT2D eigenvalue weighted by molar-refractivity contribution is -0.384. The molecule has 1 aliphatic rings. The maximum Gasteiger partial charge on any atom is 0.292 e. The first-order chi connectivity index (χ1) is 10.1. The summed E-state index contributed by atoms with van der Waals surface area (Å²) >= 11 is 0. The Bertz CT molecular complexity index is 547. The van der Waals surface area contributed by atoms with E-state index in [4.69, 9.17) is 4.74 Å². The summed E-state index contributed by atoms with van der Waals surface area (Å²) in [6.07, 6.45) is 0.190. The molecule has 0 atom stereocenters. The zero-order chi connectivity index (χ0) is 15.2. The average Bonchev–Trinajstić information content (AvgIpc) is 2.80. The number of carbonyl (C=O) groups is 1. The van der Waals surface area contributed by atoms with E-state index in [9.17, 15) is 14.9 Å². The number of nitro groups is 1. The molecule has 2 rings (SSSR count). The normalized spacial score (nSPS) is 12.9. The van der Waals surface area contributed by atoms with Crippen molar-refractivity contribution in [3.8, 4) is 0 Å². The van der Waals surface area contributed by atoms with Gasteiger partial charge in [0, 0.05) is 38.5 Å². The van der Waals surface area contributed by atoms with Crippen LogP contribution in [0, 0.1) is 10.1 Å². The molecule has 0 radical (unpaired) electrons. The van der Waals surface area contributed by atoms with Gasteiger partial charge in [0.05, 0.1) is 18.0 Å². The lowest BCUT2D eigenvalue weighted by Crippen LogP contribution is -2.25. The van der Waals surface area contributed by atoms with Crippen molar-refractivity contribution in [2.75, 3.05) is 44.0 Å². The average molecular weight is 294 g/mol. The predicted octanol–water partition coefficient (Wildman–Crippen LogP) is 0.737. The van der Waals surface area contributed by atoms with Gasteiger partial charge in [0.25, 0.3) is 5.69 Å². The van der Waals surface area contributed by atoms with Crippen molar-refractivity contribution in [2.45, 2.75) is 6.42 Å². The predicted molar refractivity (Wildman–Crippen MR) is 78.7 cm³/mol. The van der Waals surface area contributed by atoms with Crippen molar-refractivity contribution in [1.82, 2.24) is 5.32 Å². The molecule has 8 heteroatoms. The number of fused-ring (bicyclic) bond motifs is 1. The highest BCUT2D eigenvalue weighted by Crippen LogP contribution is 2.34. The summed E-state index contributed by atoms with van der Waals surface area (Å²) in [5.74, 6) is -0.141. The number of carbonyl (C=O) groups excluding carboxylic acids is 1. The summed E-state index contributed by atoms with van der Waals surface area (Å²) in [7, 11) is 1.63. The summed E-state index contributed by atoms with van der Waals surface area (Å²) in [6.45, 7) is 2.53. The Balaban J connectivity index is 1.99. The second-order valence-corrected chi connectivity index (χ2v) is 4.68. The molecule has 0 unspecified atom stereocenters. The third-order valence-corrected chi connectivity index (χ3v) is 3.14. The zero-order valence-electron chi connectivity index (χ0n) is 11.8. The maximum atomic E-state index is 11.3. The van der Waals surface area contributed by atoms with Gasteiger partial charge in [-0.3, -0.25) is 14.9 Å². The number of nitro benzene ring substituents is 1. The molecule has 0 aromatic heterocycles. The van der Waals surface area contributed by atoms with Gasteiger partial charge in [0.1, 0.15) is 5.69 Å². The highest BCUT2D eigenvalue weighted by atomic mass is 16.6.